The van der Waals surface area contributed by atoms with Gasteiger partial charge in [-0.15, -0.1) is 23.4 Å². The first kappa shape index (κ1) is 19.5. The molecule has 1 heterocycles. The molecule has 1 aromatic carbocycles. The fourth-order valence-corrected chi connectivity index (χ4v) is 2.77. The highest BCUT2D eigenvalue weighted by Gasteiger charge is 2.15. The van der Waals surface area contributed by atoms with Gasteiger partial charge in [-0.05, 0) is 24.3 Å². The third-order valence-corrected chi connectivity index (χ3v) is 4.22. The van der Waals surface area contributed by atoms with Crippen LogP contribution in [0.5, 0.6) is 5.75 Å². The Kier molecular flexibility index (Phi) is 7.22. The van der Waals surface area contributed by atoms with Crippen molar-refractivity contribution in [3.8, 4) is 5.75 Å². The van der Waals surface area contributed by atoms with Gasteiger partial charge < -0.3 is 15.5 Å². The molecule has 0 aliphatic carbocycles. The molecule has 0 fully saturated rings. The van der Waals surface area contributed by atoms with Crippen LogP contribution in [0, 0.1) is 5.82 Å². The molecule has 26 heavy (non-hydrogen) atoms. The monoisotopic (exact) mass is 377 g/mol. The Labute approximate surface area is 155 Å². The molecule has 2 aromatic rings. The predicted octanol–water partition coefficient (Wildman–Crippen LogP) is 2.00. The van der Waals surface area contributed by atoms with Gasteiger partial charge in [0.15, 0.2) is 5.82 Å². The van der Waals surface area contributed by atoms with Gasteiger partial charge in [-0.2, -0.15) is 0 Å². The minimum atomic E-state index is -0.343. The average molecular weight is 377 g/mol. The zero-order valence-corrected chi connectivity index (χ0v) is 15.0. The summed E-state index contributed by atoms with van der Waals surface area (Å²) in [6, 6.07) is 5.62. The number of halogens is 1. The van der Waals surface area contributed by atoms with Crippen LogP contribution < -0.4 is 10.6 Å². The van der Waals surface area contributed by atoms with Crippen LogP contribution in [-0.4, -0.2) is 44.5 Å². The van der Waals surface area contributed by atoms with Crippen molar-refractivity contribution in [2.75, 3.05) is 24.7 Å². The topological polar surface area (TPSA) is 86.3 Å². The van der Waals surface area contributed by atoms with Crippen LogP contribution in [0.15, 0.2) is 54.7 Å². The van der Waals surface area contributed by atoms with Crippen LogP contribution in [0.2, 0.25) is 0 Å². The van der Waals surface area contributed by atoms with Crippen molar-refractivity contribution < 1.29 is 13.9 Å². The number of rotatable bonds is 10. The quantitative estimate of drug-likeness (QED) is 0.387. The normalized spacial score (nSPS) is 10.3. The molecular formula is C17H20FN5O2S. The van der Waals surface area contributed by atoms with E-state index in [-0.39, 0.29) is 24.1 Å². The van der Waals surface area contributed by atoms with Crippen LogP contribution in [0.25, 0.3) is 0 Å². The summed E-state index contributed by atoms with van der Waals surface area (Å²) in [7, 11) is 0. The molecule has 0 saturated heterocycles. The van der Waals surface area contributed by atoms with Crippen LogP contribution >= 0.6 is 11.8 Å². The van der Waals surface area contributed by atoms with E-state index >= 15 is 0 Å². The van der Waals surface area contributed by atoms with Crippen molar-refractivity contribution in [1.29, 1.82) is 0 Å². The minimum Gasteiger partial charge on any atom is -0.486 e. The van der Waals surface area contributed by atoms with Crippen LogP contribution in [-0.2, 0) is 11.4 Å². The third-order valence-electron chi connectivity index (χ3n) is 3.29. The van der Waals surface area contributed by atoms with Gasteiger partial charge in [0.05, 0.1) is 5.75 Å². The number of ether oxygens (including phenoxy) is 1. The fraction of sp³-hybridized carbons (Fsp3) is 0.235. The molecule has 1 amide bonds. The Balaban J connectivity index is 1.91. The summed E-state index contributed by atoms with van der Waals surface area (Å²) in [4.78, 5) is 13.8. The molecule has 2 N–H and O–H groups in total. The maximum absolute atomic E-state index is 12.9. The van der Waals surface area contributed by atoms with Crippen molar-refractivity contribution >= 4 is 17.7 Å². The van der Waals surface area contributed by atoms with Gasteiger partial charge >= 0.3 is 0 Å². The summed E-state index contributed by atoms with van der Waals surface area (Å²) in [6.45, 7) is 8.23. The number of nitrogens with two attached hydrogens (primary N) is 1. The summed E-state index contributed by atoms with van der Waals surface area (Å²) in [5, 5.41) is 8.32. The first-order chi connectivity index (χ1) is 12.5. The molecule has 2 rings (SSSR count). The lowest BCUT2D eigenvalue weighted by Gasteiger charge is -2.18. The maximum Gasteiger partial charge on any atom is 0.233 e. The van der Waals surface area contributed by atoms with E-state index in [0.29, 0.717) is 29.8 Å². The van der Waals surface area contributed by atoms with Gasteiger partial charge in [-0.25, -0.2) is 9.07 Å². The van der Waals surface area contributed by atoms with Gasteiger partial charge in [0, 0.05) is 13.1 Å². The SMILES string of the molecule is C=CCN(CC=C)C(=O)CSc1nnc(COc2ccc(F)cc2)n1N. The van der Waals surface area contributed by atoms with Crippen molar-refractivity contribution in [3.05, 3.63) is 61.2 Å². The number of aromatic nitrogens is 3. The second kappa shape index (κ2) is 9.62. The number of amides is 1. The van der Waals surface area contributed by atoms with Crippen molar-refractivity contribution in [2.45, 2.75) is 11.8 Å². The van der Waals surface area contributed by atoms with Gasteiger partial charge in [0.25, 0.3) is 0 Å². The first-order valence-electron chi connectivity index (χ1n) is 7.75. The summed E-state index contributed by atoms with van der Waals surface area (Å²) < 4.78 is 19.6. The number of benzene rings is 1. The molecule has 0 atom stereocenters. The van der Waals surface area contributed by atoms with Gasteiger partial charge in [0.1, 0.15) is 18.2 Å². The molecule has 0 spiro atoms. The van der Waals surface area contributed by atoms with E-state index in [0.717, 1.165) is 0 Å². The largest absolute Gasteiger partial charge is 0.486 e. The highest BCUT2D eigenvalue weighted by Crippen LogP contribution is 2.17. The Morgan fingerprint density at radius 3 is 2.54 bits per heavy atom. The Bertz CT molecular complexity index is 753. The third kappa shape index (κ3) is 5.35. The van der Waals surface area contributed by atoms with E-state index in [4.69, 9.17) is 10.6 Å². The molecule has 7 nitrogen and oxygen atoms in total. The van der Waals surface area contributed by atoms with E-state index in [1.54, 1.807) is 17.1 Å². The molecule has 0 aliphatic heterocycles. The smallest absolute Gasteiger partial charge is 0.233 e. The molecular weight excluding hydrogens is 357 g/mol. The number of hydrogen-bond acceptors (Lipinski definition) is 6. The molecule has 0 bridgehead atoms. The standard InChI is InChI=1S/C17H20FN5O2S/c1-3-9-22(10-4-2)16(24)12-26-17-21-20-15(23(17)19)11-25-14-7-5-13(18)6-8-14/h3-8H,1-2,9-12,19H2. The van der Waals surface area contributed by atoms with E-state index in [9.17, 15) is 9.18 Å². The molecule has 1 aromatic heterocycles. The Morgan fingerprint density at radius 2 is 1.92 bits per heavy atom. The fourth-order valence-electron chi connectivity index (χ4n) is 1.99. The zero-order chi connectivity index (χ0) is 18.9. The van der Waals surface area contributed by atoms with Crippen molar-refractivity contribution in [2.24, 2.45) is 0 Å². The number of carbonyl (C=O) groups is 1. The summed E-state index contributed by atoms with van der Waals surface area (Å²) >= 11 is 1.18. The Morgan fingerprint density at radius 1 is 1.27 bits per heavy atom. The molecule has 0 saturated carbocycles. The molecule has 0 radical (unpaired) electrons. The number of nitrogens with zero attached hydrogens (tertiary/aromatic N) is 4. The van der Waals surface area contributed by atoms with E-state index in [1.165, 1.54) is 40.7 Å². The minimum absolute atomic E-state index is 0.0721. The van der Waals surface area contributed by atoms with Crippen LogP contribution in [0.3, 0.4) is 0 Å². The lowest BCUT2D eigenvalue weighted by molar-refractivity contribution is -0.127. The number of thioether (sulfide) groups is 1. The summed E-state index contributed by atoms with van der Waals surface area (Å²) in [5.41, 5.74) is 0. The average Bonchev–Trinajstić information content (AvgIpc) is 2.99. The highest BCUT2D eigenvalue weighted by molar-refractivity contribution is 7.99. The first-order valence-corrected chi connectivity index (χ1v) is 8.73. The molecule has 0 unspecified atom stereocenters. The summed E-state index contributed by atoms with van der Waals surface area (Å²) in [5.74, 6) is 6.56. The van der Waals surface area contributed by atoms with E-state index in [2.05, 4.69) is 23.4 Å². The van der Waals surface area contributed by atoms with Gasteiger partial charge in [-0.1, -0.05) is 23.9 Å². The van der Waals surface area contributed by atoms with Gasteiger partial charge in [-0.3, -0.25) is 4.79 Å². The van der Waals surface area contributed by atoms with Crippen molar-refractivity contribution in [1.82, 2.24) is 19.8 Å². The maximum atomic E-state index is 12.9. The number of nitrogen functional groups attached to an aromatic ring is 1. The molecule has 0 aliphatic rings. The zero-order valence-electron chi connectivity index (χ0n) is 14.2. The number of hydrogen-bond donors (Lipinski definition) is 1. The van der Waals surface area contributed by atoms with E-state index < -0.39 is 0 Å². The summed E-state index contributed by atoms with van der Waals surface area (Å²) in [6.07, 6.45) is 3.31. The van der Waals surface area contributed by atoms with Crippen molar-refractivity contribution in [3.63, 3.8) is 0 Å². The number of carbonyl (C=O) groups excluding carboxylic acids is 1. The lowest BCUT2D eigenvalue weighted by Crippen LogP contribution is -2.32. The van der Waals surface area contributed by atoms with E-state index in [1.807, 2.05) is 0 Å². The van der Waals surface area contributed by atoms with Crippen LogP contribution in [0.4, 0.5) is 4.39 Å². The van der Waals surface area contributed by atoms with Crippen LogP contribution in [0.1, 0.15) is 5.82 Å². The molecule has 138 valence electrons. The second-order valence-electron chi connectivity index (χ2n) is 5.18. The Hall–Kier alpha value is -2.81. The predicted molar refractivity (Wildman–Crippen MR) is 98.6 cm³/mol. The lowest BCUT2D eigenvalue weighted by atomic mass is 10.3. The molecule has 9 heteroatoms. The second-order valence-corrected chi connectivity index (χ2v) is 6.12. The van der Waals surface area contributed by atoms with Gasteiger partial charge in [0.2, 0.25) is 11.1 Å². The highest BCUT2D eigenvalue weighted by atomic mass is 32.2.